The first-order chi connectivity index (χ1) is 34.2. The van der Waals surface area contributed by atoms with Crippen molar-refractivity contribution in [1.29, 1.82) is 0 Å². The predicted octanol–water partition coefficient (Wildman–Crippen LogP) is 12.0. The van der Waals surface area contributed by atoms with E-state index in [1.807, 2.05) is 109 Å². The zero-order chi connectivity index (χ0) is 50.6. The SMILES string of the molecule is COC(=O)[C@H](Cc1ccc(-c2ccccc2)cc1)NC(=O)c1cc(-c2ccc(F)c(Cl)c2)ccc1O.O=C(N[C@@H](Cc1ccc(-c2ccccc2)cc1)C(=O)O)c1cc(-c2ccc(F)c(Cl)c2)ccc1O. The van der Waals surface area contributed by atoms with Gasteiger partial charge in [0.05, 0.1) is 28.3 Å². The van der Waals surface area contributed by atoms with Crippen LogP contribution in [-0.4, -0.2) is 58.3 Å². The highest BCUT2D eigenvalue weighted by Crippen LogP contribution is 2.31. The van der Waals surface area contributed by atoms with Crippen molar-refractivity contribution in [1.82, 2.24) is 10.6 Å². The van der Waals surface area contributed by atoms with Crippen LogP contribution in [0.2, 0.25) is 10.0 Å². The van der Waals surface area contributed by atoms with Gasteiger partial charge in [-0.25, -0.2) is 18.4 Å². The summed E-state index contributed by atoms with van der Waals surface area (Å²) in [6.45, 7) is 0. The number of phenols is 2. The van der Waals surface area contributed by atoms with Gasteiger partial charge in [0.15, 0.2) is 0 Å². The van der Waals surface area contributed by atoms with E-state index in [1.54, 1.807) is 12.1 Å². The molecule has 0 aliphatic rings. The molecule has 0 saturated heterocycles. The van der Waals surface area contributed by atoms with E-state index in [4.69, 9.17) is 27.9 Å². The van der Waals surface area contributed by atoms with E-state index >= 15 is 0 Å². The maximum absolute atomic E-state index is 13.5. The molecule has 0 spiro atoms. The molecule has 0 saturated carbocycles. The number of hydrogen-bond acceptors (Lipinski definition) is 7. The van der Waals surface area contributed by atoms with Gasteiger partial charge in [-0.05, 0) is 104 Å². The number of carbonyl (C=O) groups is 4. The molecule has 8 rings (SSSR count). The molecule has 10 nitrogen and oxygen atoms in total. The molecule has 71 heavy (non-hydrogen) atoms. The van der Waals surface area contributed by atoms with Crippen molar-refractivity contribution in [3.63, 3.8) is 0 Å². The molecule has 14 heteroatoms. The van der Waals surface area contributed by atoms with E-state index < -0.39 is 47.5 Å². The van der Waals surface area contributed by atoms with Crippen molar-refractivity contribution in [3.05, 3.63) is 226 Å². The monoisotopic (exact) mass is 992 g/mol. The van der Waals surface area contributed by atoms with E-state index in [2.05, 4.69) is 10.6 Å². The molecular weight excluding hydrogens is 950 g/mol. The number of hydrogen-bond donors (Lipinski definition) is 5. The fourth-order valence-electron chi connectivity index (χ4n) is 7.55. The summed E-state index contributed by atoms with van der Waals surface area (Å²) in [5.74, 6) is -4.92. The second-order valence-electron chi connectivity index (χ2n) is 16.2. The quantitative estimate of drug-likeness (QED) is 0.0673. The van der Waals surface area contributed by atoms with Gasteiger partial charge in [-0.1, -0.05) is 157 Å². The Bertz CT molecular complexity index is 3190. The van der Waals surface area contributed by atoms with Gasteiger partial charge >= 0.3 is 11.9 Å². The zero-order valence-corrected chi connectivity index (χ0v) is 39.3. The van der Waals surface area contributed by atoms with E-state index in [9.17, 15) is 43.3 Å². The number of ether oxygens (including phenoxy) is 1. The maximum atomic E-state index is 13.5. The van der Waals surface area contributed by atoms with Gasteiger partial charge < -0.3 is 30.7 Å². The number of carboxylic acid groups (broad SMARTS) is 1. The van der Waals surface area contributed by atoms with Crippen molar-refractivity contribution in [3.8, 4) is 56.0 Å². The topological polar surface area (TPSA) is 162 Å². The summed E-state index contributed by atoms with van der Waals surface area (Å²) in [7, 11) is 1.25. The van der Waals surface area contributed by atoms with Crippen LogP contribution in [0.3, 0.4) is 0 Å². The average Bonchev–Trinajstić information content (AvgIpc) is 3.38. The summed E-state index contributed by atoms with van der Waals surface area (Å²) < 4.78 is 31.9. The Morgan fingerprint density at radius 1 is 0.479 bits per heavy atom. The molecule has 0 aliphatic heterocycles. The Labute approximate surface area is 417 Å². The highest BCUT2D eigenvalue weighted by molar-refractivity contribution is 6.31. The Morgan fingerprint density at radius 2 is 0.817 bits per heavy atom. The minimum Gasteiger partial charge on any atom is -0.507 e. The second kappa shape index (κ2) is 23.3. The van der Waals surface area contributed by atoms with E-state index in [1.165, 1.54) is 67.8 Å². The lowest BCUT2D eigenvalue weighted by Gasteiger charge is -2.18. The largest absolute Gasteiger partial charge is 0.507 e. The van der Waals surface area contributed by atoms with Crippen molar-refractivity contribution in [2.24, 2.45) is 0 Å². The smallest absolute Gasteiger partial charge is 0.328 e. The predicted molar refractivity (Wildman–Crippen MR) is 270 cm³/mol. The number of aromatic hydroxyl groups is 2. The molecule has 0 bridgehead atoms. The van der Waals surface area contributed by atoms with Crippen LogP contribution in [-0.2, 0) is 27.2 Å². The fraction of sp³-hybridized carbons (Fsp3) is 0.0877. The Balaban J connectivity index is 0.000000209. The zero-order valence-electron chi connectivity index (χ0n) is 37.8. The normalized spacial score (nSPS) is 11.6. The number of esters is 1. The lowest BCUT2D eigenvalue weighted by molar-refractivity contribution is -0.143. The lowest BCUT2D eigenvalue weighted by atomic mass is 9.99. The molecule has 2 atom stereocenters. The number of amides is 2. The number of benzene rings is 8. The minimum absolute atomic E-state index is 0.0405. The molecule has 0 fully saturated rings. The van der Waals surface area contributed by atoms with E-state index in [0.29, 0.717) is 22.3 Å². The average molecular weight is 994 g/mol. The molecule has 8 aromatic carbocycles. The first-order valence-corrected chi connectivity index (χ1v) is 22.7. The second-order valence-corrected chi connectivity index (χ2v) is 17.0. The van der Waals surface area contributed by atoms with Crippen LogP contribution in [0.15, 0.2) is 182 Å². The van der Waals surface area contributed by atoms with Crippen LogP contribution >= 0.6 is 23.2 Å². The van der Waals surface area contributed by atoms with Gasteiger partial charge in [0, 0.05) is 12.8 Å². The number of rotatable bonds is 14. The number of carboxylic acids is 1. The third-order valence-corrected chi connectivity index (χ3v) is 12.0. The number of phenolic OH excluding ortho intramolecular Hbond substituents is 2. The highest BCUT2D eigenvalue weighted by Gasteiger charge is 2.26. The molecule has 0 heterocycles. The van der Waals surface area contributed by atoms with Crippen molar-refractivity contribution >= 4 is 47.0 Å². The third-order valence-electron chi connectivity index (χ3n) is 11.4. The van der Waals surface area contributed by atoms with Gasteiger partial charge in [-0.2, -0.15) is 0 Å². The Morgan fingerprint density at radius 3 is 1.20 bits per heavy atom. The summed E-state index contributed by atoms with van der Waals surface area (Å²) in [6, 6.07) is 49.5. The highest BCUT2D eigenvalue weighted by atomic mass is 35.5. The molecule has 0 unspecified atom stereocenters. The summed E-state index contributed by atoms with van der Waals surface area (Å²) in [6.07, 6.45) is 0.256. The van der Waals surface area contributed by atoms with Crippen LogP contribution in [0, 0.1) is 11.6 Å². The van der Waals surface area contributed by atoms with Crippen molar-refractivity contribution in [2.75, 3.05) is 7.11 Å². The van der Waals surface area contributed by atoms with Crippen molar-refractivity contribution < 1.29 is 48.0 Å². The Kier molecular flexibility index (Phi) is 16.6. The minimum atomic E-state index is -1.21. The van der Waals surface area contributed by atoms with Crippen molar-refractivity contribution in [2.45, 2.75) is 24.9 Å². The summed E-state index contributed by atoms with van der Waals surface area (Å²) in [4.78, 5) is 50.3. The molecular formula is C57H44Cl2F2N2O8. The molecule has 0 radical (unpaired) electrons. The number of halogens is 4. The first-order valence-electron chi connectivity index (χ1n) is 22.0. The maximum Gasteiger partial charge on any atom is 0.328 e. The number of nitrogens with one attached hydrogen (secondary N) is 2. The molecule has 0 aromatic heterocycles. The van der Waals surface area contributed by atoms with Crippen LogP contribution in [0.1, 0.15) is 31.8 Å². The number of carbonyl (C=O) groups excluding carboxylic acids is 3. The first kappa shape index (κ1) is 50.6. The van der Waals surface area contributed by atoms with Gasteiger partial charge in [-0.3, -0.25) is 9.59 Å². The van der Waals surface area contributed by atoms with Gasteiger partial charge in [-0.15, -0.1) is 0 Å². The van der Waals surface area contributed by atoms with E-state index in [0.717, 1.165) is 33.4 Å². The van der Waals surface area contributed by atoms with Crippen LogP contribution in [0.4, 0.5) is 8.78 Å². The lowest BCUT2D eigenvalue weighted by Crippen LogP contribution is -2.43. The molecule has 0 aliphatic carbocycles. The van der Waals surface area contributed by atoms with E-state index in [-0.39, 0.29) is 45.5 Å². The van der Waals surface area contributed by atoms with Gasteiger partial charge in [0.25, 0.3) is 11.8 Å². The van der Waals surface area contributed by atoms with Gasteiger partial charge in [0.1, 0.15) is 35.2 Å². The summed E-state index contributed by atoms with van der Waals surface area (Å²) >= 11 is 11.7. The fourth-order valence-corrected chi connectivity index (χ4v) is 7.91. The molecule has 8 aromatic rings. The van der Waals surface area contributed by atoms with Crippen LogP contribution < -0.4 is 10.6 Å². The Hall–Kier alpha value is -8.32. The number of aliphatic carboxylic acids is 1. The van der Waals surface area contributed by atoms with Crippen LogP contribution in [0.5, 0.6) is 11.5 Å². The standard InChI is InChI=1S/C29H23ClFNO4.C28H21ClFNO4/c1-36-29(35)26(15-18-7-9-20(10-8-18)19-5-3-2-4-6-19)32-28(34)23-16-21(12-14-27(23)33)22-11-13-25(31)24(30)17-22;29-23-16-21(10-12-24(23)30)20-11-13-26(32)22(15-20)27(33)31-25(28(34)35)14-17-6-8-19(9-7-17)18-4-2-1-3-5-18/h2-14,16-17,26,33H,15H2,1H3,(H,32,34);1-13,15-16,25,32H,14H2,(H,31,33)(H,34,35)/t26-;25-/m00/s1. The number of methoxy groups -OCH3 is 1. The third kappa shape index (κ3) is 13.1. The van der Waals surface area contributed by atoms with Crippen LogP contribution in [0.25, 0.3) is 44.5 Å². The summed E-state index contributed by atoms with van der Waals surface area (Å²) in [5, 5.41) is 35.3. The van der Waals surface area contributed by atoms with Gasteiger partial charge in [0.2, 0.25) is 0 Å². The summed E-state index contributed by atoms with van der Waals surface area (Å²) in [5.41, 5.74) is 7.71. The molecule has 2 amide bonds. The molecule has 358 valence electrons. The molecule has 5 N–H and O–H groups in total.